The van der Waals surface area contributed by atoms with E-state index in [1.54, 1.807) is 12.0 Å². The van der Waals surface area contributed by atoms with Crippen molar-refractivity contribution in [2.75, 3.05) is 20.2 Å². The maximum absolute atomic E-state index is 12.4. The second-order valence-electron chi connectivity index (χ2n) is 5.00. The molecule has 0 N–H and O–H groups in total. The molecule has 3 rings (SSSR count). The number of benzene rings is 1. The topological polar surface area (TPSA) is 64.6 Å². The van der Waals surface area contributed by atoms with Crippen molar-refractivity contribution in [3.05, 3.63) is 34.8 Å². The molecule has 1 aliphatic rings. The molecule has 0 atom stereocenters. The number of hydrogen-bond acceptors (Lipinski definition) is 6. The van der Waals surface area contributed by atoms with Crippen LogP contribution in [0.4, 0.5) is 0 Å². The number of ether oxygens (including phenoxy) is 2. The number of methoxy groups -OCH3 is 1. The van der Waals surface area contributed by atoms with Gasteiger partial charge in [0.25, 0.3) is 5.91 Å². The molecule has 1 fully saturated rings. The summed E-state index contributed by atoms with van der Waals surface area (Å²) >= 11 is 1.16. The molecule has 1 saturated heterocycles. The van der Waals surface area contributed by atoms with Crippen molar-refractivity contribution in [2.45, 2.75) is 19.4 Å². The number of aromatic nitrogens is 2. The van der Waals surface area contributed by atoms with Crippen molar-refractivity contribution in [1.29, 1.82) is 0 Å². The van der Waals surface area contributed by atoms with Crippen LogP contribution in [0.5, 0.6) is 11.5 Å². The number of carbonyl (C=O) groups excluding carboxylic acids is 1. The summed E-state index contributed by atoms with van der Waals surface area (Å²) in [7, 11) is 1.61. The Balaban J connectivity index is 1.59. The van der Waals surface area contributed by atoms with Crippen LogP contribution in [0.15, 0.2) is 24.3 Å². The third kappa shape index (κ3) is 2.76. The van der Waals surface area contributed by atoms with Gasteiger partial charge in [-0.3, -0.25) is 4.79 Å². The van der Waals surface area contributed by atoms with Crippen LogP contribution in [0.3, 0.4) is 0 Å². The van der Waals surface area contributed by atoms with Crippen molar-refractivity contribution in [2.24, 2.45) is 0 Å². The van der Waals surface area contributed by atoms with Crippen LogP contribution < -0.4 is 9.47 Å². The predicted octanol–water partition coefficient (Wildman–Crippen LogP) is 2.01. The molecule has 2 aromatic rings. The molecule has 0 radical (unpaired) electrons. The van der Waals surface area contributed by atoms with E-state index in [1.807, 2.05) is 31.2 Å². The Kier molecular flexibility index (Phi) is 4.24. The van der Waals surface area contributed by atoms with Crippen molar-refractivity contribution in [1.82, 2.24) is 14.5 Å². The summed E-state index contributed by atoms with van der Waals surface area (Å²) in [5.74, 6) is 1.40. The fraction of sp³-hybridized carbons (Fsp3) is 0.400. The number of para-hydroxylation sites is 2. The van der Waals surface area contributed by atoms with Gasteiger partial charge in [-0.2, -0.15) is 0 Å². The molecule has 6 nitrogen and oxygen atoms in total. The summed E-state index contributed by atoms with van der Waals surface area (Å²) in [4.78, 5) is 14.8. The monoisotopic (exact) mass is 319 g/mol. The number of rotatable bonds is 5. The van der Waals surface area contributed by atoms with Crippen LogP contribution in [0.2, 0.25) is 0 Å². The number of aryl methyl sites for hydroxylation is 1. The highest BCUT2D eigenvalue weighted by atomic mass is 32.1. The molecule has 0 aliphatic carbocycles. The molecular formula is C15H17N3O3S. The van der Waals surface area contributed by atoms with E-state index in [4.69, 9.17) is 9.47 Å². The first-order chi connectivity index (χ1) is 10.7. The Hall–Kier alpha value is -2.15. The van der Waals surface area contributed by atoms with E-state index in [-0.39, 0.29) is 12.0 Å². The Labute approximate surface area is 132 Å². The van der Waals surface area contributed by atoms with E-state index in [9.17, 15) is 4.79 Å². The maximum Gasteiger partial charge on any atom is 0.267 e. The lowest BCUT2D eigenvalue weighted by Gasteiger charge is -2.38. The van der Waals surface area contributed by atoms with Crippen LogP contribution in [0, 0.1) is 0 Å². The quantitative estimate of drug-likeness (QED) is 0.843. The highest BCUT2D eigenvalue weighted by Crippen LogP contribution is 2.29. The van der Waals surface area contributed by atoms with Gasteiger partial charge >= 0.3 is 0 Å². The van der Waals surface area contributed by atoms with Gasteiger partial charge in [0, 0.05) is 0 Å². The average molecular weight is 319 g/mol. The van der Waals surface area contributed by atoms with Crippen molar-refractivity contribution in [3.8, 4) is 11.5 Å². The first-order valence-corrected chi connectivity index (χ1v) is 7.90. The van der Waals surface area contributed by atoms with Crippen LogP contribution >= 0.6 is 11.5 Å². The first kappa shape index (κ1) is 14.8. The lowest BCUT2D eigenvalue weighted by molar-refractivity contribution is 0.0171. The van der Waals surface area contributed by atoms with E-state index >= 15 is 0 Å². The molecule has 1 aliphatic heterocycles. The summed E-state index contributed by atoms with van der Waals surface area (Å²) < 4.78 is 15.0. The Morgan fingerprint density at radius 1 is 1.36 bits per heavy atom. The Morgan fingerprint density at radius 2 is 2.09 bits per heavy atom. The number of amides is 1. The predicted molar refractivity (Wildman–Crippen MR) is 82.6 cm³/mol. The van der Waals surface area contributed by atoms with Crippen LogP contribution in [-0.4, -0.2) is 46.7 Å². The zero-order valence-electron chi connectivity index (χ0n) is 12.5. The van der Waals surface area contributed by atoms with E-state index < -0.39 is 0 Å². The zero-order valence-corrected chi connectivity index (χ0v) is 13.3. The van der Waals surface area contributed by atoms with E-state index in [1.165, 1.54) is 0 Å². The minimum absolute atomic E-state index is 0.00766. The highest BCUT2D eigenvalue weighted by molar-refractivity contribution is 7.08. The van der Waals surface area contributed by atoms with Gasteiger partial charge in [-0.15, -0.1) is 5.10 Å². The summed E-state index contributed by atoms with van der Waals surface area (Å²) in [5.41, 5.74) is 0.768. The normalized spacial score (nSPS) is 14.5. The third-order valence-corrected chi connectivity index (χ3v) is 4.34. The molecule has 1 aromatic carbocycles. The maximum atomic E-state index is 12.4. The molecular weight excluding hydrogens is 302 g/mol. The number of carbonyl (C=O) groups is 1. The molecule has 0 saturated carbocycles. The van der Waals surface area contributed by atoms with Crippen molar-refractivity contribution in [3.63, 3.8) is 0 Å². The zero-order chi connectivity index (χ0) is 15.5. The molecule has 22 heavy (non-hydrogen) atoms. The lowest BCUT2D eigenvalue weighted by Crippen LogP contribution is -2.56. The van der Waals surface area contributed by atoms with E-state index in [0.717, 1.165) is 17.2 Å². The number of likely N-dealkylation sites (tertiary alicyclic amines) is 1. The highest BCUT2D eigenvalue weighted by Gasteiger charge is 2.35. The smallest absolute Gasteiger partial charge is 0.267 e. The van der Waals surface area contributed by atoms with Gasteiger partial charge in [-0.05, 0) is 30.1 Å². The van der Waals surface area contributed by atoms with Gasteiger partial charge in [0.05, 0.1) is 25.9 Å². The van der Waals surface area contributed by atoms with E-state index in [0.29, 0.717) is 35.9 Å². The van der Waals surface area contributed by atoms with Gasteiger partial charge in [0.2, 0.25) is 0 Å². The average Bonchev–Trinajstić information content (AvgIpc) is 2.98. The first-order valence-electron chi connectivity index (χ1n) is 7.13. The lowest BCUT2D eigenvalue weighted by atomic mass is 10.1. The minimum Gasteiger partial charge on any atom is -0.493 e. The minimum atomic E-state index is -0.00814. The largest absolute Gasteiger partial charge is 0.493 e. The van der Waals surface area contributed by atoms with Gasteiger partial charge in [-0.25, -0.2) is 0 Å². The fourth-order valence-corrected chi connectivity index (χ4v) is 3.04. The van der Waals surface area contributed by atoms with Crippen LogP contribution in [-0.2, 0) is 6.42 Å². The summed E-state index contributed by atoms with van der Waals surface area (Å²) in [6.45, 7) is 3.10. The third-order valence-electron chi connectivity index (χ3n) is 3.58. The molecule has 0 spiro atoms. The SMILES string of the molecule is CCc1nnsc1C(=O)N1CC(Oc2ccccc2OC)C1. The summed E-state index contributed by atoms with van der Waals surface area (Å²) in [6, 6.07) is 7.51. The number of hydrogen-bond donors (Lipinski definition) is 0. The molecule has 1 amide bonds. The van der Waals surface area contributed by atoms with Gasteiger partial charge in [0.15, 0.2) is 11.5 Å². The molecule has 116 valence electrons. The summed E-state index contributed by atoms with van der Waals surface area (Å²) in [5, 5.41) is 3.98. The van der Waals surface area contributed by atoms with Crippen molar-refractivity contribution >= 4 is 17.4 Å². The standard InChI is InChI=1S/C15H17N3O3S/c1-3-11-14(22-17-16-11)15(19)18-8-10(9-18)21-13-7-5-4-6-12(13)20-2/h4-7,10H,3,8-9H2,1-2H3. The van der Waals surface area contributed by atoms with Gasteiger partial charge in [0.1, 0.15) is 11.0 Å². The second-order valence-corrected chi connectivity index (χ2v) is 5.76. The molecule has 0 unspecified atom stereocenters. The molecule has 7 heteroatoms. The number of nitrogens with zero attached hydrogens (tertiary/aromatic N) is 3. The summed E-state index contributed by atoms with van der Waals surface area (Å²) in [6.07, 6.45) is 0.707. The Morgan fingerprint density at radius 3 is 2.77 bits per heavy atom. The molecule has 1 aromatic heterocycles. The molecule has 0 bridgehead atoms. The van der Waals surface area contributed by atoms with Crippen LogP contribution in [0.25, 0.3) is 0 Å². The van der Waals surface area contributed by atoms with Gasteiger partial charge in [-0.1, -0.05) is 23.5 Å². The fourth-order valence-electron chi connectivity index (χ4n) is 2.32. The second kappa shape index (κ2) is 6.31. The molecule has 2 heterocycles. The Bertz CT molecular complexity index is 668. The van der Waals surface area contributed by atoms with Gasteiger partial charge < -0.3 is 14.4 Å². The van der Waals surface area contributed by atoms with Crippen LogP contribution in [0.1, 0.15) is 22.3 Å². The van der Waals surface area contributed by atoms with E-state index in [2.05, 4.69) is 9.59 Å². The van der Waals surface area contributed by atoms with Crippen molar-refractivity contribution < 1.29 is 14.3 Å².